The average molecular weight is 193 g/mol. The van der Waals surface area contributed by atoms with E-state index in [-0.39, 0.29) is 11.4 Å². The van der Waals surface area contributed by atoms with Gasteiger partial charge in [0.25, 0.3) is 0 Å². The fourth-order valence-corrected chi connectivity index (χ4v) is 0.712. The smallest absolute Gasteiger partial charge is 0.199 e. The maximum absolute atomic E-state index is 11.4. The molecule has 0 atom stereocenters. The van der Waals surface area contributed by atoms with Crippen LogP contribution < -0.4 is 0 Å². The first-order chi connectivity index (χ1) is 6.47. The summed E-state index contributed by atoms with van der Waals surface area (Å²) in [6.07, 6.45) is 4.49. The molecule has 14 heavy (non-hydrogen) atoms. The Hall–Kier alpha value is -1.76. The van der Waals surface area contributed by atoms with E-state index in [1.54, 1.807) is 30.1 Å². The van der Waals surface area contributed by atoms with Gasteiger partial charge in [-0.25, -0.2) is 0 Å². The van der Waals surface area contributed by atoms with Crippen molar-refractivity contribution in [1.29, 1.82) is 5.26 Å². The number of hydrogen-bond donors (Lipinski definition) is 0. The quantitative estimate of drug-likeness (QED) is 0.484. The van der Waals surface area contributed by atoms with E-state index in [9.17, 15) is 4.79 Å². The number of allylic oxidation sites excluding steroid dienone is 2. The van der Waals surface area contributed by atoms with Crippen LogP contribution in [-0.2, 0) is 4.79 Å². The van der Waals surface area contributed by atoms with Gasteiger partial charge in [-0.2, -0.15) is 5.26 Å². The molecule has 0 spiro atoms. The van der Waals surface area contributed by atoms with Crippen molar-refractivity contribution in [3.8, 4) is 6.07 Å². The van der Waals surface area contributed by atoms with Gasteiger partial charge in [-0.1, -0.05) is 0 Å². The Morgan fingerprint density at radius 3 is 2.14 bits per heavy atom. The second-order valence-corrected chi connectivity index (χ2v) is 3.26. The first-order valence-electron chi connectivity index (χ1n) is 4.14. The van der Waals surface area contributed by atoms with Crippen LogP contribution in [0, 0.1) is 11.3 Å². The van der Waals surface area contributed by atoms with Crippen LogP contribution in [0.15, 0.2) is 24.0 Å². The van der Waals surface area contributed by atoms with Crippen molar-refractivity contribution >= 4 is 5.78 Å². The van der Waals surface area contributed by atoms with Gasteiger partial charge in [0.15, 0.2) is 5.78 Å². The SMILES string of the molecule is CN(C)/C=C(/C#N)C(=O)/C=C/N(C)C. The van der Waals surface area contributed by atoms with Crippen molar-refractivity contribution in [3.05, 3.63) is 24.0 Å². The zero-order chi connectivity index (χ0) is 11.1. The number of rotatable bonds is 4. The Morgan fingerprint density at radius 2 is 1.79 bits per heavy atom. The third-order valence-electron chi connectivity index (χ3n) is 1.30. The third-order valence-corrected chi connectivity index (χ3v) is 1.30. The second kappa shape index (κ2) is 5.81. The fourth-order valence-electron chi connectivity index (χ4n) is 0.712. The fraction of sp³-hybridized carbons (Fsp3) is 0.400. The summed E-state index contributed by atoms with van der Waals surface area (Å²) >= 11 is 0. The number of nitrogens with zero attached hydrogens (tertiary/aromatic N) is 3. The lowest BCUT2D eigenvalue weighted by molar-refractivity contribution is -0.111. The summed E-state index contributed by atoms with van der Waals surface area (Å²) in [4.78, 5) is 14.8. The number of nitriles is 1. The number of hydrogen-bond acceptors (Lipinski definition) is 4. The maximum atomic E-state index is 11.4. The number of carbonyl (C=O) groups is 1. The van der Waals surface area contributed by atoms with Crippen molar-refractivity contribution in [2.75, 3.05) is 28.2 Å². The lowest BCUT2D eigenvalue weighted by Crippen LogP contribution is -2.08. The van der Waals surface area contributed by atoms with Crippen LogP contribution in [0.1, 0.15) is 0 Å². The van der Waals surface area contributed by atoms with Crippen LogP contribution >= 0.6 is 0 Å². The molecule has 0 aromatic rings. The van der Waals surface area contributed by atoms with Crippen molar-refractivity contribution in [2.24, 2.45) is 0 Å². The van der Waals surface area contributed by atoms with Crippen LogP contribution in [-0.4, -0.2) is 43.8 Å². The van der Waals surface area contributed by atoms with Gasteiger partial charge >= 0.3 is 0 Å². The van der Waals surface area contributed by atoms with E-state index in [0.29, 0.717) is 0 Å². The van der Waals surface area contributed by atoms with Crippen molar-refractivity contribution < 1.29 is 4.79 Å². The van der Waals surface area contributed by atoms with Gasteiger partial charge in [-0.15, -0.1) is 0 Å². The molecular formula is C10H15N3O. The lowest BCUT2D eigenvalue weighted by atomic mass is 10.2. The molecule has 0 N–H and O–H groups in total. The molecule has 4 nitrogen and oxygen atoms in total. The van der Waals surface area contributed by atoms with E-state index in [4.69, 9.17) is 5.26 Å². The molecule has 0 radical (unpaired) electrons. The van der Waals surface area contributed by atoms with Gasteiger partial charge in [-0.3, -0.25) is 4.79 Å². The first kappa shape index (κ1) is 12.2. The Bertz CT molecular complexity index is 295. The molecule has 0 saturated heterocycles. The zero-order valence-electron chi connectivity index (χ0n) is 8.98. The monoisotopic (exact) mass is 193 g/mol. The van der Waals surface area contributed by atoms with Crippen LogP contribution in [0.2, 0.25) is 0 Å². The highest BCUT2D eigenvalue weighted by Crippen LogP contribution is 1.97. The van der Waals surface area contributed by atoms with E-state index in [1.807, 2.05) is 20.2 Å². The molecule has 0 aromatic carbocycles. The topological polar surface area (TPSA) is 47.3 Å². The molecule has 0 fully saturated rings. The second-order valence-electron chi connectivity index (χ2n) is 3.26. The Labute approximate surface area is 84.7 Å². The molecule has 0 saturated carbocycles. The van der Waals surface area contributed by atoms with E-state index in [2.05, 4.69) is 0 Å². The summed E-state index contributed by atoms with van der Waals surface area (Å²) in [5.74, 6) is -0.282. The van der Waals surface area contributed by atoms with E-state index in [0.717, 1.165) is 0 Å². The van der Waals surface area contributed by atoms with Gasteiger partial charge < -0.3 is 9.80 Å². The minimum Gasteiger partial charge on any atom is -0.383 e. The molecule has 0 heterocycles. The van der Waals surface area contributed by atoms with Crippen LogP contribution in [0.3, 0.4) is 0 Å². The van der Waals surface area contributed by atoms with Gasteiger partial charge in [-0.05, 0) is 0 Å². The first-order valence-corrected chi connectivity index (χ1v) is 4.14. The van der Waals surface area contributed by atoms with Crippen LogP contribution in [0.25, 0.3) is 0 Å². The summed E-state index contributed by atoms with van der Waals surface area (Å²) in [6, 6.07) is 1.86. The zero-order valence-corrected chi connectivity index (χ0v) is 8.98. The summed E-state index contributed by atoms with van der Waals surface area (Å²) in [6.45, 7) is 0. The Kier molecular flexibility index (Phi) is 5.08. The van der Waals surface area contributed by atoms with Crippen LogP contribution in [0.4, 0.5) is 0 Å². The van der Waals surface area contributed by atoms with Gasteiger partial charge in [0.1, 0.15) is 11.6 Å². The highest BCUT2D eigenvalue weighted by molar-refractivity contribution is 6.06. The standard InChI is InChI=1S/C10H15N3O/c1-12(2)6-5-10(14)9(7-11)8-13(3)4/h5-6,8H,1-4H3/b6-5+,9-8-. The summed E-state index contributed by atoms with van der Waals surface area (Å²) in [5.41, 5.74) is 0.133. The molecule has 0 aliphatic heterocycles. The molecule has 0 aliphatic carbocycles. The molecular weight excluding hydrogens is 178 g/mol. The predicted octanol–water partition coefficient (Wildman–Crippen LogP) is 0.600. The molecule has 0 bridgehead atoms. The van der Waals surface area contributed by atoms with Gasteiger partial charge in [0, 0.05) is 46.7 Å². The predicted molar refractivity (Wildman–Crippen MR) is 55.2 cm³/mol. The van der Waals surface area contributed by atoms with E-state index in [1.165, 1.54) is 12.3 Å². The van der Waals surface area contributed by atoms with Gasteiger partial charge in [0.05, 0.1) is 0 Å². The van der Waals surface area contributed by atoms with E-state index < -0.39 is 0 Å². The minimum atomic E-state index is -0.282. The maximum Gasteiger partial charge on any atom is 0.199 e. The molecule has 0 amide bonds. The molecule has 4 heteroatoms. The van der Waals surface area contributed by atoms with Crippen molar-refractivity contribution in [3.63, 3.8) is 0 Å². The molecule has 0 rings (SSSR count). The Balaban J connectivity index is 4.59. The van der Waals surface area contributed by atoms with Crippen molar-refractivity contribution in [2.45, 2.75) is 0 Å². The summed E-state index contributed by atoms with van der Waals surface area (Å²) in [7, 11) is 7.15. The normalized spacial score (nSPS) is 11.2. The number of carbonyl (C=O) groups excluding carboxylic acids is 1. The molecule has 0 aromatic heterocycles. The molecule has 76 valence electrons. The third kappa shape index (κ3) is 4.99. The minimum absolute atomic E-state index is 0.133. The average Bonchev–Trinajstić information content (AvgIpc) is 2.09. The van der Waals surface area contributed by atoms with Gasteiger partial charge in [0.2, 0.25) is 0 Å². The van der Waals surface area contributed by atoms with Crippen LogP contribution in [0.5, 0.6) is 0 Å². The van der Waals surface area contributed by atoms with E-state index >= 15 is 0 Å². The molecule has 0 aliphatic rings. The Morgan fingerprint density at radius 1 is 1.21 bits per heavy atom. The summed E-state index contributed by atoms with van der Waals surface area (Å²) in [5, 5.41) is 8.70. The number of ketones is 1. The summed E-state index contributed by atoms with van der Waals surface area (Å²) < 4.78 is 0. The molecule has 0 unspecified atom stereocenters. The highest BCUT2D eigenvalue weighted by atomic mass is 16.1. The van der Waals surface area contributed by atoms with Crippen molar-refractivity contribution in [1.82, 2.24) is 9.80 Å². The highest BCUT2D eigenvalue weighted by Gasteiger charge is 2.04. The largest absolute Gasteiger partial charge is 0.383 e. The lowest BCUT2D eigenvalue weighted by Gasteiger charge is -2.05.